The summed E-state index contributed by atoms with van der Waals surface area (Å²) in [6, 6.07) is 0.674. The molecule has 12 heavy (non-hydrogen) atoms. The van der Waals surface area contributed by atoms with Gasteiger partial charge in [-0.2, -0.15) is 0 Å². The van der Waals surface area contributed by atoms with Crippen LogP contribution in [0.15, 0.2) is 0 Å². The van der Waals surface area contributed by atoms with Gasteiger partial charge in [0, 0.05) is 18.1 Å². The van der Waals surface area contributed by atoms with E-state index in [9.17, 15) is 0 Å². The van der Waals surface area contributed by atoms with Crippen LogP contribution < -0.4 is 5.32 Å². The number of hydrogen-bond acceptors (Lipinski definition) is 2. The lowest BCUT2D eigenvalue weighted by Crippen LogP contribution is -2.43. The molecule has 1 rings (SSSR count). The van der Waals surface area contributed by atoms with Gasteiger partial charge in [-0.15, -0.1) is 0 Å². The normalized spacial score (nSPS) is 22.8. The van der Waals surface area contributed by atoms with E-state index in [-0.39, 0.29) is 0 Å². The van der Waals surface area contributed by atoms with Crippen LogP contribution in [-0.2, 0) is 0 Å². The van der Waals surface area contributed by atoms with Crippen LogP contribution in [0, 0.1) is 0 Å². The Bertz CT molecular complexity index is 139. The van der Waals surface area contributed by atoms with Gasteiger partial charge in [0.25, 0.3) is 0 Å². The van der Waals surface area contributed by atoms with Crippen molar-refractivity contribution in [1.29, 1.82) is 0 Å². The second-order valence-electron chi connectivity index (χ2n) is 4.57. The topological polar surface area (TPSA) is 15.3 Å². The molecule has 0 bridgehead atoms. The average Bonchev–Trinajstić information content (AvgIpc) is 2.66. The van der Waals surface area contributed by atoms with Crippen molar-refractivity contribution in [3.05, 3.63) is 0 Å². The molecular weight excluding hydrogens is 148 g/mol. The van der Waals surface area contributed by atoms with Gasteiger partial charge < -0.3 is 10.2 Å². The highest BCUT2D eigenvalue weighted by Crippen LogP contribution is 2.34. The number of nitrogens with one attached hydrogen (secondary N) is 1. The van der Waals surface area contributed by atoms with Gasteiger partial charge in [-0.3, -0.25) is 0 Å². The van der Waals surface area contributed by atoms with Crippen LogP contribution in [0.5, 0.6) is 0 Å². The summed E-state index contributed by atoms with van der Waals surface area (Å²) in [5.41, 5.74) is 0.483. The largest absolute Gasteiger partial charge is 0.308 e. The van der Waals surface area contributed by atoms with E-state index in [0.29, 0.717) is 11.6 Å². The highest BCUT2D eigenvalue weighted by Gasteiger charge is 2.38. The van der Waals surface area contributed by atoms with Gasteiger partial charge in [-0.1, -0.05) is 6.92 Å². The first kappa shape index (κ1) is 10.0. The first-order valence-electron chi connectivity index (χ1n) is 4.98. The molecule has 0 heterocycles. The molecule has 1 N–H and O–H groups in total. The molecule has 0 aromatic carbocycles. The molecular formula is C10H22N2. The molecule has 1 saturated carbocycles. The Kier molecular flexibility index (Phi) is 3.13. The smallest absolute Gasteiger partial charge is 0.0197 e. The maximum atomic E-state index is 3.71. The van der Waals surface area contributed by atoms with Crippen LogP contribution >= 0.6 is 0 Å². The summed E-state index contributed by atoms with van der Waals surface area (Å²) in [6.07, 6.45) is 3.95. The number of likely N-dealkylation sites (N-methyl/N-ethyl adjacent to an activating group) is 1. The molecule has 0 spiro atoms. The summed E-state index contributed by atoms with van der Waals surface area (Å²) in [5.74, 6) is 0. The van der Waals surface area contributed by atoms with Crippen molar-refractivity contribution >= 4 is 0 Å². The maximum Gasteiger partial charge on any atom is 0.0197 e. The SMILES string of the molecule is CCC(CN(C)C)NC1(C)CC1. The molecule has 1 aliphatic rings. The minimum absolute atomic E-state index is 0.483. The number of hydrogen-bond donors (Lipinski definition) is 1. The van der Waals surface area contributed by atoms with E-state index < -0.39 is 0 Å². The first-order chi connectivity index (χ1) is 5.56. The Balaban J connectivity index is 2.25. The van der Waals surface area contributed by atoms with Crippen molar-refractivity contribution in [2.75, 3.05) is 20.6 Å². The van der Waals surface area contributed by atoms with Crippen molar-refractivity contribution in [3.8, 4) is 0 Å². The fourth-order valence-electron chi connectivity index (χ4n) is 1.54. The predicted molar refractivity (Wildman–Crippen MR) is 53.4 cm³/mol. The summed E-state index contributed by atoms with van der Waals surface area (Å²) >= 11 is 0. The fraction of sp³-hybridized carbons (Fsp3) is 1.00. The van der Waals surface area contributed by atoms with Crippen LogP contribution in [0.4, 0.5) is 0 Å². The summed E-state index contributed by atoms with van der Waals surface area (Å²) < 4.78 is 0. The van der Waals surface area contributed by atoms with E-state index in [1.54, 1.807) is 0 Å². The summed E-state index contributed by atoms with van der Waals surface area (Å²) in [6.45, 7) is 5.74. The molecule has 1 atom stereocenters. The second-order valence-corrected chi connectivity index (χ2v) is 4.57. The Morgan fingerprint density at radius 2 is 2.00 bits per heavy atom. The Morgan fingerprint density at radius 1 is 1.42 bits per heavy atom. The van der Waals surface area contributed by atoms with Crippen molar-refractivity contribution in [2.45, 2.75) is 44.7 Å². The van der Waals surface area contributed by atoms with Gasteiger partial charge in [0.2, 0.25) is 0 Å². The Morgan fingerprint density at radius 3 is 2.33 bits per heavy atom. The lowest BCUT2D eigenvalue weighted by molar-refractivity contribution is 0.309. The number of nitrogens with zero attached hydrogens (tertiary/aromatic N) is 1. The monoisotopic (exact) mass is 170 g/mol. The molecule has 1 fully saturated rings. The zero-order chi connectivity index (χ0) is 9.19. The van der Waals surface area contributed by atoms with Crippen LogP contribution in [0.1, 0.15) is 33.1 Å². The van der Waals surface area contributed by atoms with Gasteiger partial charge in [-0.25, -0.2) is 0 Å². The van der Waals surface area contributed by atoms with E-state index >= 15 is 0 Å². The fourth-order valence-corrected chi connectivity index (χ4v) is 1.54. The van der Waals surface area contributed by atoms with E-state index in [0.717, 1.165) is 6.54 Å². The van der Waals surface area contributed by atoms with Gasteiger partial charge in [0.15, 0.2) is 0 Å². The summed E-state index contributed by atoms with van der Waals surface area (Å²) in [4.78, 5) is 2.26. The third kappa shape index (κ3) is 3.11. The van der Waals surface area contributed by atoms with Crippen molar-refractivity contribution in [3.63, 3.8) is 0 Å². The molecule has 0 aliphatic heterocycles. The standard InChI is InChI=1S/C10H22N2/c1-5-9(8-12(3)4)11-10(2)6-7-10/h9,11H,5-8H2,1-4H3. The molecule has 0 aromatic heterocycles. The van der Waals surface area contributed by atoms with E-state index in [2.05, 4.69) is 38.2 Å². The number of rotatable bonds is 5. The van der Waals surface area contributed by atoms with Crippen LogP contribution in [0.25, 0.3) is 0 Å². The lowest BCUT2D eigenvalue weighted by atomic mass is 10.1. The van der Waals surface area contributed by atoms with E-state index in [1.165, 1.54) is 19.3 Å². The van der Waals surface area contributed by atoms with Gasteiger partial charge in [0.05, 0.1) is 0 Å². The lowest BCUT2D eigenvalue weighted by Gasteiger charge is -2.24. The highest BCUT2D eigenvalue weighted by molar-refractivity contribution is 4.99. The highest BCUT2D eigenvalue weighted by atomic mass is 15.1. The summed E-state index contributed by atoms with van der Waals surface area (Å²) in [7, 11) is 4.28. The van der Waals surface area contributed by atoms with E-state index in [4.69, 9.17) is 0 Å². The molecule has 0 amide bonds. The molecule has 2 heteroatoms. The van der Waals surface area contributed by atoms with Gasteiger partial charge in [0.1, 0.15) is 0 Å². The minimum Gasteiger partial charge on any atom is -0.308 e. The van der Waals surface area contributed by atoms with Crippen molar-refractivity contribution in [1.82, 2.24) is 10.2 Å². The zero-order valence-electron chi connectivity index (χ0n) is 8.85. The summed E-state index contributed by atoms with van der Waals surface area (Å²) in [5, 5.41) is 3.71. The molecule has 0 radical (unpaired) electrons. The van der Waals surface area contributed by atoms with Crippen molar-refractivity contribution in [2.24, 2.45) is 0 Å². The van der Waals surface area contributed by atoms with E-state index in [1.807, 2.05) is 0 Å². The predicted octanol–water partition coefficient (Wildman–Crippen LogP) is 1.47. The Hall–Kier alpha value is -0.0800. The molecule has 1 aliphatic carbocycles. The molecule has 1 unspecified atom stereocenters. The molecule has 0 aromatic rings. The third-order valence-electron chi connectivity index (χ3n) is 2.63. The molecule has 0 saturated heterocycles. The Labute approximate surface area is 76.3 Å². The molecule has 2 nitrogen and oxygen atoms in total. The van der Waals surface area contributed by atoms with Crippen LogP contribution in [0.3, 0.4) is 0 Å². The van der Waals surface area contributed by atoms with Gasteiger partial charge >= 0.3 is 0 Å². The average molecular weight is 170 g/mol. The van der Waals surface area contributed by atoms with Crippen molar-refractivity contribution < 1.29 is 0 Å². The third-order valence-corrected chi connectivity index (χ3v) is 2.63. The maximum absolute atomic E-state index is 3.71. The van der Waals surface area contributed by atoms with Crippen LogP contribution in [0.2, 0.25) is 0 Å². The van der Waals surface area contributed by atoms with Crippen LogP contribution in [-0.4, -0.2) is 37.1 Å². The first-order valence-corrected chi connectivity index (χ1v) is 4.98. The quantitative estimate of drug-likeness (QED) is 0.672. The second kappa shape index (κ2) is 3.75. The van der Waals surface area contributed by atoms with Gasteiger partial charge in [-0.05, 0) is 40.3 Å². The molecule has 72 valence electrons. The minimum atomic E-state index is 0.483. The zero-order valence-corrected chi connectivity index (χ0v) is 8.85.